The lowest BCUT2D eigenvalue weighted by molar-refractivity contribution is 0.258. The minimum atomic E-state index is -0.0976. The maximum atomic E-state index is 13.6. The Morgan fingerprint density at radius 1 is 1.20 bits per heavy atom. The number of rotatable bonds is 5. The van der Waals surface area contributed by atoms with E-state index in [1.165, 1.54) is 32.1 Å². The highest BCUT2D eigenvalue weighted by Gasteiger charge is 2.20. The fourth-order valence-electron chi connectivity index (χ4n) is 3.18. The van der Waals surface area contributed by atoms with E-state index >= 15 is 0 Å². The zero-order valence-corrected chi connectivity index (χ0v) is 13.1. The van der Waals surface area contributed by atoms with E-state index < -0.39 is 0 Å². The second-order valence-corrected chi connectivity index (χ2v) is 6.43. The fraction of sp³-hybridized carbons (Fsp3) is 0.667. The van der Waals surface area contributed by atoms with Gasteiger partial charge in [-0.2, -0.15) is 0 Å². The van der Waals surface area contributed by atoms with Crippen molar-refractivity contribution in [1.29, 1.82) is 0 Å². The van der Waals surface area contributed by atoms with Crippen LogP contribution in [0.5, 0.6) is 0 Å². The number of benzene rings is 1. The van der Waals surface area contributed by atoms with E-state index in [9.17, 15) is 4.39 Å². The Bertz CT molecular complexity index is 421. The van der Waals surface area contributed by atoms with Gasteiger partial charge in [0.15, 0.2) is 0 Å². The van der Waals surface area contributed by atoms with Crippen molar-refractivity contribution in [2.45, 2.75) is 58.9 Å². The summed E-state index contributed by atoms with van der Waals surface area (Å²) in [6.45, 7) is 7.30. The summed E-state index contributed by atoms with van der Waals surface area (Å²) in [5.41, 5.74) is 1.77. The number of halogens is 1. The molecule has 1 fully saturated rings. The molecule has 0 radical (unpaired) electrons. The predicted octanol–water partition coefficient (Wildman–Crippen LogP) is 5.00. The molecule has 1 aliphatic rings. The van der Waals surface area contributed by atoms with Crippen LogP contribution in [-0.2, 0) is 0 Å². The van der Waals surface area contributed by atoms with Gasteiger partial charge in [0.1, 0.15) is 5.82 Å². The van der Waals surface area contributed by atoms with Crippen LogP contribution < -0.4 is 5.32 Å². The molecule has 1 aromatic rings. The summed E-state index contributed by atoms with van der Waals surface area (Å²) in [7, 11) is 0. The van der Waals surface area contributed by atoms with Crippen molar-refractivity contribution in [3.05, 3.63) is 35.1 Å². The van der Waals surface area contributed by atoms with Gasteiger partial charge in [-0.3, -0.25) is 0 Å². The van der Waals surface area contributed by atoms with Crippen LogP contribution in [0.3, 0.4) is 0 Å². The van der Waals surface area contributed by atoms with Crippen molar-refractivity contribution in [1.82, 2.24) is 5.32 Å². The molecular weight excluding hydrogens is 249 g/mol. The van der Waals surface area contributed by atoms with Crippen molar-refractivity contribution < 1.29 is 4.39 Å². The molecule has 0 bridgehead atoms. The topological polar surface area (TPSA) is 12.0 Å². The predicted molar refractivity (Wildman–Crippen MR) is 83.3 cm³/mol. The molecule has 2 heteroatoms. The molecule has 112 valence electrons. The normalized spacial score (nSPS) is 24.6. The Morgan fingerprint density at radius 3 is 2.45 bits per heavy atom. The smallest absolute Gasteiger partial charge is 0.126 e. The first-order valence-electron chi connectivity index (χ1n) is 8.09. The second kappa shape index (κ2) is 7.21. The molecule has 0 aliphatic heterocycles. The lowest BCUT2D eigenvalue weighted by Gasteiger charge is -2.29. The van der Waals surface area contributed by atoms with Crippen LogP contribution in [0.2, 0.25) is 0 Å². The SMILES string of the molecule is CCC1CCC(CNC(C)c2ccc(C)c(F)c2)CC1. The first-order chi connectivity index (χ1) is 9.60. The van der Waals surface area contributed by atoms with E-state index in [1.807, 2.05) is 19.1 Å². The molecule has 0 aromatic heterocycles. The molecule has 0 amide bonds. The van der Waals surface area contributed by atoms with Gasteiger partial charge in [0.2, 0.25) is 0 Å². The van der Waals surface area contributed by atoms with Gasteiger partial charge in [-0.15, -0.1) is 0 Å². The zero-order chi connectivity index (χ0) is 14.5. The third-order valence-electron chi connectivity index (χ3n) is 4.95. The van der Waals surface area contributed by atoms with Gasteiger partial charge in [0.05, 0.1) is 0 Å². The Morgan fingerprint density at radius 2 is 1.85 bits per heavy atom. The van der Waals surface area contributed by atoms with Crippen molar-refractivity contribution in [3.8, 4) is 0 Å². The van der Waals surface area contributed by atoms with E-state index in [-0.39, 0.29) is 11.9 Å². The van der Waals surface area contributed by atoms with E-state index in [2.05, 4.69) is 19.2 Å². The van der Waals surface area contributed by atoms with Gasteiger partial charge in [0, 0.05) is 6.04 Å². The maximum Gasteiger partial charge on any atom is 0.126 e. The third-order valence-corrected chi connectivity index (χ3v) is 4.95. The summed E-state index contributed by atoms with van der Waals surface area (Å²) in [5.74, 6) is 1.66. The van der Waals surface area contributed by atoms with E-state index in [0.717, 1.165) is 29.5 Å². The van der Waals surface area contributed by atoms with E-state index in [4.69, 9.17) is 0 Å². The molecule has 0 spiro atoms. The Kier molecular flexibility index (Phi) is 5.59. The summed E-state index contributed by atoms with van der Waals surface area (Å²) >= 11 is 0. The first-order valence-corrected chi connectivity index (χ1v) is 8.09. The quantitative estimate of drug-likeness (QED) is 0.798. The van der Waals surface area contributed by atoms with Crippen LogP contribution in [0.4, 0.5) is 4.39 Å². The van der Waals surface area contributed by atoms with E-state index in [0.29, 0.717) is 0 Å². The lowest BCUT2D eigenvalue weighted by atomic mass is 9.81. The van der Waals surface area contributed by atoms with Gasteiger partial charge in [-0.1, -0.05) is 38.3 Å². The fourth-order valence-corrected chi connectivity index (χ4v) is 3.18. The average Bonchev–Trinajstić information content (AvgIpc) is 2.48. The number of hydrogen-bond acceptors (Lipinski definition) is 1. The minimum absolute atomic E-state index is 0.0976. The summed E-state index contributed by atoms with van der Waals surface area (Å²) in [6.07, 6.45) is 6.80. The highest BCUT2D eigenvalue weighted by Crippen LogP contribution is 2.30. The molecule has 1 aromatic carbocycles. The average molecular weight is 277 g/mol. The van der Waals surface area contributed by atoms with Gasteiger partial charge in [-0.05, 0) is 62.3 Å². The number of aryl methyl sites for hydroxylation is 1. The van der Waals surface area contributed by atoms with Crippen LogP contribution in [0, 0.1) is 24.6 Å². The van der Waals surface area contributed by atoms with Crippen LogP contribution in [0.15, 0.2) is 18.2 Å². The maximum absolute atomic E-state index is 13.6. The second-order valence-electron chi connectivity index (χ2n) is 6.43. The van der Waals surface area contributed by atoms with Crippen LogP contribution in [0.1, 0.15) is 63.1 Å². The molecule has 2 rings (SSSR count). The Balaban J connectivity index is 1.80. The largest absolute Gasteiger partial charge is 0.310 e. The van der Waals surface area contributed by atoms with Crippen LogP contribution in [0.25, 0.3) is 0 Å². The lowest BCUT2D eigenvalue weighted by Crippen LogP contribution is -2.28. The van der Waals surface area contributed by atoms with Gasteiger partial charge >= 0.3 is 0 Å². The van der Waals surface area contributed by atoms with Crippen LogP contribution in [-0.4, -0.2) is 6.54 Å². The Hall–Kier alpha value is -0.890. The molecule has 1 N–H and O–H groups in total. The zero-order valence-electron chi connectivity index (χ0n) is 13.1. The minimum Gasteiger partial charge on any atom is -0.310 e. The Labute approximate surface area is 123 Å². The summed E-state index contributed by atoms with van der Waals surface area (Å²) in [6, 6.07) is 5.80. The molecular formula is C18H28FN. The molecule has 0 saturated heterocycles. The first kappa shape index (κ1) is 15.5. The molecule has 20 heavy (non-hydrogen) atoms. The molecule has 1 unspecified atom stereocenters. The molecule has 1 aliphatic carbocycles. The van der Waals surface area contributed by atoms with Gasteiger partial charge < -0.3 is 5.32 Å². The van der Waals surface area contributed by atoms with E-state index in [1.54, 1.807) is 6.07 Å². The van der Waals surface area contributed by atoms with Crippen molar-refractivity contribution in [3.63, 3.8) is 0 Å². The van der Waals surface area contributed by atoms with Crippen molar-refractivity contribution in [2.75, 3.05) is 6.54 Å². The summed E-state index contributed by atoms with van der Waals surface area (Å²) < 4.78 is 13.6. The highest BCUT2D eigenvalue weighted by molar-refractivity contribution is 5.25. The third kappa shape index (κ3) is 4.05. The van der Waals surface area contributed by atoms with Gasteiger partial charge in [-0.25, -0.2) is 4.39 Å². The highest BCUT2D eigenvalue weighted by atomic mass is 19.1. The monoisotopic (exact) mass is 277 g/mol. The summed E-state index contributed by atoms with van der Waals surface area (Å²) in [4.78, 5) is 0. The molecule has 0 heterocycles. The van der Waals surface area contributed by atoms with Crippen molar-refractivity contribution >= 4 is 0 Å². The van der Waals surface area contributed by atoms with Crippen LogP contribution >= 0.6 is 0 Å². The van der Waals surface area contributed by atoms with Crippen molar-refractivity contribution in [2.24, 2.45) is 11.8 Å². The molecule has 1 atom stereocenters. The molecule has 1 saturated carbocycles. The summed E-state index contributed by atoms with van der Waals surface area (Å²) in [5, 5.41) is 3.58. The van der Waals surface area contributed by atoms with Gasteiger partial charge in [0.25, 0.3) is 0 Å². The number of nitrogens with one attached hydrogen (secondary N) is 1. The standard InChI is InChI=1S/C18H28FN/c1-4-15-6-8-16(9-7-15)12-20-14(3)17-10-5-13(2)18(19)11-17/h5,10-11,14-16,20H,4,6-9,12H2,1-3H3. The molecule has 1 nitrogen and oxygen atoms in total. The number of hydrogen-bond donors (Lipinski definition) is 1.